The van der Waals surface area contributed by atoms with E-state index in [2.05, 4.69) is 21.4 Å². The third kappa shape index (κ3) is 4.06. The van der Waals surface area contributed by atoms with E-state index in [9.17, 15) is 5.26 Å². The Kier molecular flexibility index (Phi) is 5.16. The van der Waals surface area contributed by atoms with Crippen LogP contribution in [-0.2, 0) is 6.61 Å². The molecule has 0 aliphatic rings. The van der Waals surface area contributed by atoms with Crippen molar-refractivity contribution in [3.63, 3.8) is 0 Å². The molecule has 0 spiro atoms. The third-order valence-electron chi connectivity index (χ3n) is 4.37. The highest BCUT2D eigenvalue weighted by molar-refractivity contribution is 5.58. The molecule has 0 bridgehead atoms. The van der Waals surface area contributed by atoms with Crippen molar-refractivity contribution in [2.24, 2.45) is 0 Å². The Labute approximate surface area is 167 Å². The monoisotopic (exact) mass is 383 g/mol. The summed E-state index contributed by atoms with van der Waals surface area (Å²) >= 11 is 0. The molecule has 0 amide bonds. The number of aromatic nitrogens is 4. The second-order valence-corrected chi connectivity index (χ2v) is 6.21. The minimum atomic E-state index is 0.355. The zero-order chi connectivity index (χ0) is 20.1. The molecular formula is C22H17N5O2. The van der Waals surface area contributed by atoms with Crippen molar-refractivity contribution in [1.29, 1.82) is 5.26 Å². The van der Waals surface area contributed by atoms with E-state index in [1.54, 1.807) is 36.3 Å². The summed E-state index contributed by atoms with van der Waals surface area (Å²) in [6, 6.07) is 18.9. The number of pyridine rings is 1. The lowest BCUT2D eigenvalue weighted by Crippen LogP contribution is -2.00. The topological polar surface area (TPSA) is 85.8 Å². The number of nitrogens with zero attached hydrogens (tertiary/aromatic N) is 5. The molecule has 0 radical (unpaired) electrons. The van der Waals surface area contributed by atoms with Crippen molar-refractivity contribution in [2.75, 3.05) is 7.11 Å². The highest BCUT2D eigenvalue weighted by Gasteiger charge is 2.10. The lowest BCUT2D eigenvalue weighted by Gasteiger charge is -2.10. The first-order valence-electron chi connectivity index (χ1n) is 8.90. The largest absolute Gasteiger partial charge is 0.497 e. The summed E-state index contributed by atoms with van der Waals surface area (Å²) in [6.07, 6.45) is 5.22. The van der Waals surface area contributed by atoms with Crippen LogP contribution in [0.1, 0.15) is 11.1 Å². The molecule has 7 nitrogen and oxygen atoms in total. The van der Waals surface area contributed by atoms with Crippen LogP contribution in [0, 0.1) is 11.3 Å². The molecule has 0 N–H and O–H groups in total. The van der Waals surface area contributed by atoms with Gasteiger partial charge in [0.1, 0.15) is 29.9 Å². The van der Waals surface area contributed by atoms with Crippen molar-refractivity contribution in [1.82, 2.24) is 20.0 Å². The highest BCUT2D eigenvalue weighted by atomic mass is 16.5. The number of methoxy groups -OCH3 is 1. The molecule has 4 rings (SSSR count). The molecule has 7 heteroatoms. The normalized spacial score (nSPS) is 10.3. The zero-order valence-electron chi connectivity index (χ0n) is 15.7. The Balaban J connectivity index is 1.52. The maximum absolute atomic E-state index is 9.54. The molecule has 0 unspecified atom stereocenters. The van der Waals surface area contributed by atoms with Gasteiger partial charge >= 0.3 is 0 Å². The van der Waals surface area contributed by atoms with Gasteiger partial charge in [-0.05, 0) is 48.0 Å². The molecule has 0 aliphatic heterocycles. The van der Waals surface area contributed by atoms with Crippen molar-refractivity contribution in [2.45, 2.75) is 6.61 Å². The molecule has 0 atom stereocenters. The molecular weight excluding hydrogens is 366 g/mol. The van der Waals surface area contributed by atoms with Gasteiger partial charge in [0.15, 0.2) is 0 Å². The van der Waals surface area contributed by atoms with Gasteiger partial charge < -0.3 is 9.47 Å². The fraction of sp³-hybridized carbons (Fsp3) is 0.0909. The van der Waals surface area contributed by atoms with E-state index in [1.165, 1.54) is 0 Å². The zero-order valence-corrected chi connectivity index (χ0v) is 15.7. The van der Waals surface area contributed by atoms with Crippen LogP contribution in [0.15, 0.2) is 73.2 Å². The first-order valence-corrected chi connectivity index (χ1v) is 8.90. The Morgan fingerprint density at radius 3 is 2.55 bits per heavy atom. The van der Waals surface area contributed by atoms with E-state index < -0.39 is 0 Å². The van der Waals surface area contributed by atoms with E-state index in [0.717, 1.165) is 28.3 Å². The van der Waals surface area contributed by atoms with E-state index in [0.29, 0.717) is 17.9 Å². The van der Waals surface area contributed by atoms with E-state index >= 15 is 0 Å². The van der Waals surface area contributed by atoms with Crippen LogP contribution in [0.4, 0.5) is 0 Å². The van der Waals surface area contributed by atoms with Crippen LogP contribution < -0.4 is 9.47 Å². The standard InChI is InChI=1S/C22H17N5O2/c1-28-20-5-2-16(3-6-20)15-29-22-7-4-19(12-18(22)13-23)27-14-21(25-26-27)17-8-10-24-11-9-17/h2-12,14H,15H2,1H3. The Hall–Kier alpha value is -4.18. The predicted octanol–water partition coefficient (Wildman–Crippen LogP) is 3.79. The van der Waals surface area contributed by atoms with Crippen molar-refractivity contribution >= 4 is 0 Å². The SMILES string of the molecule is COc1ccc(COc2ccc(-n3cc(-c4ccncc4)nn3)cc2C#N)cc1. The summed E-state index contributed by atoms with van der Waals surface area (Å²) in [5.41, 5.74) is 3.79. The lowest BCUT2D eigenvalue weighted by molar-refractivity contribution is 0.305. The fourth-order valence-corrected chi connectivity index (χ4v) is 2.80. The molecule has 0 fully saturated rings. The second-order valence-electron chi connectivity index (χ2n) is 6.21. The molecule has 142 valence electrons. The van der Waals surface area contributed by atoms with Crippen LogP contribution in [-0.4, -0.2) is 27.1 Å². The third-order valence-corrected chi connectivity index (χ3v) is 4.37. The molecule has 2 aromatic carbocycles. The van der Waals surface area contributed by atoms with Gasteiger partial charge in [-0.25, -0.2) is 4.68 Å². The van der Waals surface area contributed by atoms with E-state index in [-0.39, 0.29) is 0 Å². The molecule has 2 heterocycles. The molecule has 0 saturated carbocycles. The quantitative estimate of drug-likeness (QED) is 0.504. The van der Waals surface area contributed by atoms with Crippen LogP contribution in [0.3, 0.4) is 0 Å². The number of ether oxygens (including phenoxy) is 2. The van der Waals surface area contributed by atoms with Gasteiger partial charge in [0, 0.05) is 18.0 Å². The van der Waals surface area contributed by atoms with Crippen LogP contribution in [0.25, 0.3) is 16.9 Å². The van der Waals surface area contributed by atoms with Crippen LogP contribution in [0.5, 0.6) is 11.5 Å². The minimum Gasteiger partial charge on any atom is -0.497 e. The predicted molar refractivity (Wildman–Crippen MR) is 107 cm³/mol. The number of hydrogen-bond acceptors (Lipinski definition) is 6. The summed E-state index contributed by atoms with van der Waals surface area (Å²) in [6.45, 7) is 0.355. The molecule has 29 heavy (non-hydrogen) atoms. The Morgan fingerprint density at radius 1 is 1.03 bits per heavy atom. The van der Waals surface area contributed by atoms with Gasteiger partial charge in [-0.3, -0.25) is 4.98 Å². The lowest BCUT2D eigenvalue weighted by atomic mass is 10.2. The number of hydrogen-bond donors (Lipinski definition) is 0. The highest BCUT2D eigenvalue weighted by Crippen LogP contribution is 2.24. The number of rotatable bonds is 6. The minimum absolute atomic E-state index is 0.355. The average Bonchev–Trinajstić information content (AvgIpc) is 3.29. The van der Waals surface area contributed by atoms with Gasteiger partial charge in [-0.1, -0.05) is 17.3 Å². The van der Waals surface area contributed by atoms with Gasteiger partial charge in [0.05, 0.1) is 24.6 Å². The second kappa shape index (κ2) is 8.23. The summed E-state index contributed by atoms with van der Waals surface area (Å²) in [5.74, 6) is 1.30. The van der Waals surface area contributed by atoms with E-state index in [1.807, 2.05) is 48.7 Å². The maximum atomic E-state index is 9.54. The smallest absolute Gasteiger partial charge is 0.137 e. The summed E-state index contributed by atoms with van der Waals surface area (Å²) in [7, 11) is 1.63. The van der Waals surface area contributed by atoms with Crippen LogP contribution in [0.2, 0.25) is 0 Å². The molecule has 4 aromatic rings. The van der Waals surface area contributed by atoms with Gasteiger partial charge in [-0.2, -0.15) is 5.26 Å². The van der Waals surface area contributed by atoms with Gasteiger partial charge in [-0.15, -0.1) is 5.10 Å². The van der Waals surface area contributed by atoms with Crippen molar-refractivity contribution in [3.8, 4) is 34.5 Å². The van der Waals surface area contributed by atoms with Crippen molar-refractivity contribution in [3.05, 3.63) is 84.3 Å². The van der Waals surface area contributed by atoms with Crippen molar-refractivity contribution < 1.29 is 9.47 Å². The van der Waals surface area contributed by atoms with Crippen LogP contribution >= 0.6 is 0 Å². The van der Waals surface area contributed by atoms with E-state index in [4.69, 9.17) is 9.47 Å². The first-order chi connectivity index (χ1) is 14.3. The van der Waals surface area contributed by atoms with Gasteiger partial charge in [0.25, 0.3) is 0 Å². The molecule has 0 saturated heterocycles. The Bertz CT molecular complexity index is 1150. The summed E-state index contributed by atoms with van der Waals surface area (Å²) < 4.78 is 12.6. The number of benzene rings is 2. The van der Waals surface area contributed by atoms with Gasteiger partial charge in [0.2, 0.25) is 0 Å². The first kappa shape index (κ1) is 18.2. The number of nitriles is 1. The fourth-order valence-electron chi connectivity index (χ4n) is 2.80. The summed E-state index contributed by atoms with van der Waals surface area (Å²) in [5, 5.41) is 17.9. The Morgan fingerprint density at radius 2 is 1.83 bits per heavy atom. The summed E-state index contributed by atoms with van der Waals surface area (Å²) in [4.78, 5) is 4.00. The average molecular weight is 383 g/mol. The molecule has 0 aliphatic carbocycles. The maximum Gasteiger partial charge on any atom is 0.137 e. The molecule has 2 aromatic heterocycles.